The quantitative estimate of drug-likeness (QED) is 0.757. The Labute approximate surface area is 117 Å². The zero-order valence-electron chi connectivity index (χ0n) is 11.1. The SMILES string of the molecule is c1ccc2c(OC[C@@H]3CO3)cc(OC[C@H]3CO3)cc2c1. The number of benzene rings is 2. The molecule has 0 spiro atoms. The first-order valence-corrected chi connectivity index (χ1v) is 6.90. The van der Waals surface area contributed by atoms with Crippen LogP contribution in [0, 0.1) is 0 Å². The van der Waals surface area contributed by atoms with E-state index in [1.54, 1.807) is 0 Å². The maximum Gasteiger partial charge on any atom is 0.130 e. The van der Waals surface area contributed by atoms with Crippen molar-refractivity contribution in [2.24, 2.45) is 0 Å². The van der Waals surface area contributed by atoms with Gasteiger partial charge in [-0.05, 0) is 11.5 Å². The number of hydrogen-bond acceptors (Lipinski definition) is 4. The van der Waals surface area contributed by atoms with E-state index in [4.69, 9.17) is 18.9 Å². The zero-order valence-corrected chi connectivity index (χ0v) is 11.1. The lowest BCUT2D eigenvalue weighted by Gasteiger charge is -2.12. The van der Waals surface area contributed by atoms with Gasteiger partial charge in [0.1, 0.15) is 36.9 Å². The van der Waals surface area contributed by atoms with Crippen molar-refractivity contribution in [2.75, 3.05) is 26.4 Å². The second-order valence-electron chi connectivity index (χ2n) is 5.18. The second-order valence-corrected chi connectivity index (χ2v) is 5.18. The van der Waals surface area contributed by atoms with Gasteiger partial charge < -0.3 is 18.9 Å². The lowest BCUT2D eigenvalue weighted by atomic mass is 10.1. The van der Waals surface area contributed by atoms with Crippen molar-refractivity contribution < 1.29 is 18.9 Å². The summed E-state index contributed by atoms with van der Waals surface area (Å²) in [5.74, 6) is 1.68. The van der Waals surface area contributed by atoms with Crippen LogP contribution in [0.5, 0.6) is 11.5 Å². The molecule has 2 fully saturated rings. The van der Waals surface area contributed by atoms with Crippen molar-refractivity contribution in [3.8, 4) is 11.5 Å². The molecule has 0 saturated carbocycles. The van der Waals surface area contributed by atoms with Gasteiger partial charge in [-0.2, -0.15) is 0 Å². The standard InChI is InChI=1S/C16H16O4/c1-2-4-15-11(3-1)5-12(17-7-13-8-18-13)6-16(15)20-10-14-9-19-14/h1-6,13-14H,7-10H2/t13-,14-/m0/s1. The van der Waals surface area contributed by atoms with E-state index in [1.807, 2.05) is 24.3 Å². The van der Waals surface area contributed by atoms with Crippen LogP contribution in [0.4, 0.5) is 0 Å². The summed E-state index contributed by atoms with van der Waals surface area (Å²) in [5.41, 5.74) is 0. The Morgan fingerprint density at radius 3 is 2.40 bits per heavy atom. The molecule has 0 aliphatic carbocycles. The summed E-state index contributed by atoms with van der Waals surface area (Å²) in [7, 11) is 0. The topological polar surface area (TPSA) is 43.5 Å². The lowest BCUT2D eigenvalue weighted by molar-refractivity contribution is 0.254. The summed E-state index contributed by atoms with van der Waals surface area (Å²) in [6.07, 6.45) is 0.504. The van der Waals surface area contributed by atoms with Gasteiger partial charge in [0, 0.05) is 11.5 Å². The highest BCUT2D eigenvalue weighted by molar-refractivity contribution is 5.89. The molecule has 0 unspecified atom stereocenters. The number of fused-ring (bicyclic) bond motifs is 1. The number of ether oxygens (including phenoxy) is 4. The maximum absolute atomic E-state index is 5.87. The maximum atomic E-state index is 5.87. The first-order valence-electron chi connectivity index (χ1n) is 6.90. The summed E-state index contributed by atoms with van der Waals surface area (Å²) in [4.78, 5) is 0. The van der Waals surface area contributed by atoms with E-state index in [1.165, 1.54) is 0 Å². The van der Waals surface area contributed by atoms with E-state index in [-0.39, 0.29) is 12.2 Å². The van der Waals surface area contributed by atoms with Crippen LogP contribution in [0.1, 0.15) is 0 Å². The van der Waals surface area contributed by atoms with Crippen molar-refractivity contribution >= 4 is 10.8 Å². The van der Waals surface area contributed by atoms with E-state index >= 15 is 0 Å². The van der Waals surface area contributed by atoms with Gasteiger partial charge in [0.2, 0.25) is 0 Å². The Bertz CT molecular complexity index is 617. The van der Waals surface area contributed by atoms with Crippen LogP contribution in [0.25, 0.3) is 10.8 Å². The smallest absolute Gasteiger partial charge is 0.130 e. The molecule has 2 aliphatic rings. The zero-order chi connectivity index (χ0) is 13.4. The number of hydrogen-bond donors (Lipinski definition) is 0. The molecule has 2 atom stereocenters. The molecule has 2 heterocycles. The molecule has 0 N–H and O–H groups in total. The molecule has 4 rings (SSSR count). The number of rotatable bonds is 6. The van der Waals surface area contributed by atoms with E-state index < -0.39 is 0 Å². The fourth-order valence-corrected chi connectivity index (χ4v) is 2.15. The lowest BCUT2D eigenvalue weighted by Crippen LogP contribution is -2.06. The Kier molecular flexibility index (Phi) is 2.98. The van der Waals surface area contributed by atoms with Gasteiger partial charge in [-0.3, -0.25) is 0 Å². The fourth-order valence-electron chi connectivity index (χ4n) is 2.15. The van der Waals surface area contributed by atoms with E-state index in [9.17, 15) is 0 Å². The summed E-state index contributed by atoms with van der Waals surface area (Å²) in [6, 6.07) is 12.2. The molecule has 2 saturated heterocycles. The molecule has 2 aromatic carbocycles. The molecule has 20 heavy (non-hydrogen) atoms. The van der Waals surface area contributed by atoms with E-state index in [2.05, 4.69) is 12.1 Å². The van der Waals surface area contributed by atoms with Crippen LogP contribution >= 0.6 is 0 Å². The van der Waals surface area contributed by atoms with Crippen LogP contribution < -0.4 is 9.47 Å². The van der Waals surface area contributed by atoms with Crippen LogP contribution in [-0.2, 0) is 9.47 Å². The molecule has 0 amide bonds. The van der Waals surface area contributed by atoms with Crippen LogP contribution in [0.2, 0.25) is 0 Å². The average Bonchev–Trinajstić information content (AvgIpc) is 3.37. The first-order chi connectivity index (χ1) is 9.88. The monoisotopic (exact) mass is 272 g/mol. The van der Waals surface area contributed by atoms with Gasteiger partial charge in [-0.25, -0.2) is 0 Å². The van der Waals surface area contributed by atoms with Crippen molar-refractivity contribution in [1.82, 2.24) is 0 Å². The number of epoxide rings is 2. The van der Waals surface area contributed by atoms with E-state index in [0.717, 1.165) is 35.5 Å². The second kappa shape index (κ2) is 4.96. The molecule has 2 aliphatic heterocycles. The molecular formula is C16H16O4. The van der Waals surface area contributed by atoms with Gasteiger partial charge in [-0.15, -0.1) is 0 Å². The highest BCUT2D eigenvalue weighted by Crippen LogP contribution is 2.32. The highest BCUT2D eigenvalue weighted by Gasteiger charge is 2.24. The summed E-state index contributed by atoms with van der Waals surface area (Å²) in [6.45, 7) is 2.80. The molecule has 104 valence electrons. The van der Waals surface area contributed by atoms with Crippen molar-refractivity contribution in [3.63, 3.8) is 0 Å². The first kappa shape index (κ1) is 12.0. The van der Waals surface area contributed by atoms with E-state index in [0.29, 0.717) is 13.2 Å². The normalized spacial score (nSPS) is 23.6. The third-order valence-electron chi connectivity index (χ3n) is 3.46. The van der Waals surface area contributed by atoms with Crippen molar-refractivity contribution in [3.05, 3.63) is 36.4 Å². The van der Waals surface area contributed by atoms with Crippen LogP contribution in [-0.4, -0.2) is 38.6 Å². The Morgan fingerprint density at radius 2 is 1.65 bits per heavy atom. The molecule has 0 bridgehead atoms. The predicted molar refractivity (Wildman–Crippen MR) is 74.4 cm³/mol. The van der Waals surface area contributed by atoms with Crippen LogP contribution in [0.3, 0.4) is 0 Å². The molecule has 2 aromatic rings. The third-order valence-corrected chi connectivity index (χ3v) is 3.46. The van der Waals surface area contributed by atoms with Crippen molar-refractivity contribution in [2.45, 2.75) is 12.2 Å². The largest absolute Gasteiger partial charge is 0.491 e. The minimum absolute atomic E-state index is 0.248. The highest BCUT2D eigenvalue weighted by atomic mass is 16.6. The molecule has 0 aromatic heterocycles. The average molecular weight is 272 g/mol. The molecular weight excluding hydrogens is 256 g/mol. The summed E-state index contributed by atoms with van der Waals surface area (Å²) in [5, 5.41) is 2.22. The van der Waals surface area contributed by atoms with Gasteiger partial charge in [-0.1, -0.05) is 24.3 Å². The Morgan fingerprint density at radius 1 is 0.950 bits per heavy atom. The van der Waals surface area contributed by atoms with Gasteiger partial charge in [0.05, 0.1) is 13.2 Å². The molecule has 0 radical (unpaired) electrons. The summed E-state index contributed by atoms with van der Waals surface area (Å²) >= 11 is 0. The van der Waals surface area contributed by atoms with Gasteiger partial charge in [0.15, 0.2) is 0 Å². The fraction of sp³-hybridized carbons (Fsp3) is 0.375. The Balaban J connectivity index is 1.61. The van der Waals surface area contributed by atoms with Crippen LogP contribution in [0.15, 0.2) is 36.4 Å². The van der Waals surface area contributed by atoms with Gasteiger partial charge in [0.25, 0.3) is 0 Å². The van der Waals surface area contributed by atoms with Gasteiger partial charge >= 0.3 is 0 Å². The third kappa shape index (κ3) is 2.71. The molecule has 4 nitrogen and oxygen atoms in total. The summed E-state index contributed by atoms with van der Waals surface area (Å²) < 4.78 is 22.0. The Hall–Kier alpha value is -1.78. The molecule has 4 heteroatoms. The predicted octanol–water partition coefficient (Wildman–Crippen LogP) is 2.40. The minimum Gasteiger partial charge on any atom is -0.491 e. The van der Waals surface area contributed by atoms with Crippen molar-refractivity contribution in [1.29, 1.82) is 0 Å². The minimum atomic E-state index is 0.248.